The van der Waals surface area contributed by atoms with Gasteiger partial charge in [-0.15, -0.1) is 0 Å². The molecule has 0 spiro atoms. The van der Waals surface area contributed by atoms with Crippen molar-refractivity contribution in [2.24, 2.45) is 0 Å². The molecule has 1 aliphatic heterocycles. The number of nitrogen functional groups attached to an aromatic ring is 1. The Kier molecular flexibility index (Phi) is 4.26. The molecular weight excluding hydrogens is 335 g/mol. The van der Waals surface area contributed by atoms with E-state index in [1.807, 2.05) is 12.1 Å². The van der Waals surface area contributed by atoms with Gasteiger partial charge in [0.1, 0.15) is 11.6 Å². The van der Waals surface area contributed by atoms with Gasteiger partial charge in [0.25, 0.3) is 0 Å². The standard InChI is InChI=1S/C18H19FN6O/c1-21-16-11-5-6-13(22-17(11)24-18(20)23-16)15-12(19)3-2-4-14(15)25-7-9-26-10-8-25/h2-6H,7-10H2,1H3,(H3,20,21,22,23,24). The molecule has 0 aliphatic carbocycles. The van der Waals surface area contributed by atoms with Crippen LogP contribution >= 0.6 is 0 Å². The summed E-state index contributed by atoms with van der Waals surface area (Å²) in [5.41, 5.74) is 7.96. The first-order chi connectivity index (χ1) is 12.7. The maximum Gasteiger partial charge on any atom is 0.224 e. The molecule has 4 rings (SSSR count). The van der Waals surface area contributed by atoms with E-state index in [9.17, 15) is 4.39 Å². The number of hydrogen-bond donors (Lipinski definition) is 2. The lowest BCUT2D eigenvalue weighted by Gasteiger charge is -2.30. The number of nitrogens with one attached hydrogen (secondary N) is 1. The van der Waals surface area contributed by atoms with Gasteiger partial charge >= 0.3 is 0 Å². The van der Waals surface area contributed by atoms with Crippen LogP contribution in [0.1, 0.15) is 0 Å². The van der Waals surface area contributed by atoms with Gasteiger partial charge in [0.05, 0.1) is 29.9 Å². The molecule has 0 atom stereocenters. The fraction of sp³-hybridized carbons (Fsp3) is 0.278. The average molecular weight is 354 g/mol. The summed E-state index contributed by atoms with van der Waals surface area (Å²) in [7, 11) is 1.75. The van der Waals surface area contributed by atoms with Crippen molar-refractivity contribution >= 4 is 28.5 Å². The van der Waals surface area contributed by atoms with Crippen molar-refractivity contribution in [2.75, 3.05) is 49.3 Å². The molecule has 3 N–H and O–H groups in total. The Hall–Kier alpha value is -3.00. The minimum absolute atomic E-state index is 0.119. The highest BCUT2D eigenvalue weighted by atomic mass is 19.1. The number of ether oxygens (including phenoxy) is 1. The van der Waals surface area contributed by atoms with Crippen LogP contribution in [0.4, 0.5) is 21.8 Å². The second-order valence-electron chi connectivity index (χ2n) is 5.98. The number of halogens is 1. The van der Waals surface area contributed by atoms with Gasteiger partial charge in [-0.2, -0.15) is 9.97 Å². The number of morpholine rings is 1. The molecule has 0 bridgehead atoms. The van der Waals surface area contributed by atoms with Gasteiger partial charge in [0.15, 0.2) is 5.65 Å². The molecular formula is C18H19FN6O. The van der Waals surface area contributed by atoms with Gasteiger partial charge in [-0.3, -0.25) is 0 Å². The summed E-state index contributed by atoms with van der Waals surface area (Å²) < 4.78 is 20.2. The highest BCUT2D eigenvalue weighted by Crippen LogP contribution is 2.34. The molecule has 7 nitrogen and oxygen atoms in total. The fourth-order valence-corrected chi connectivity index (χ4v) is 3.19. The van der Waals surface area contributed by atoms with Gasteiger partial charge in [-0.05, 0) is 24.3 Å². The third kappa shape index (κ3) is 2.88. The number of nitrogens with zero attached hydrogens (tertiary/aromatic N) is 4. The molecule has 134 valence electrons. The van der Waals surface area contributed by atoms with E-state index in [-0.39, 0.29) is 11.8 Å². The predicted molar refractivity (Wildman–Crippen MR) is 99.7 cm³/mol. The van der Waals surface area contributed by atoms with Crippen molar-refractivity contribution in [2.45, 2.75) is 0 Å². The molecule has 0 unspecified atom stereocenters. The van der Waals surface area contributed by atoms with Crippen molar-refractivity contribution in [3.63, 3.8) is 0 Å². The van der Waals surface area contributed by atoms with Gasteiger partial charge in [0, 0.05) is 25.8 Å². The van der Waals surface area contributed by atoms with E-state index in [1.54, 1.807) is 19.2 Å². The Morgan fingerprint density at radius 3 is 2.69 bits per heavy atom. The highest BCUT2D eigenvalue weighted by molar-refractivity contribution is 5.90. The lowest BCUT2D eigenvalue weighted by molar-refractivity contribution is 0.122. The zero-order valence-corrected chi connectivity index (χ0v) is 14.4. The van der Waals surface area contributed by atoms with Crippen molar-refractivity contribution < 1.29 is 9.13 Å². The maximum absolute atomic E-state index is 14.7. The van der Waals surface area contributed by atoms with E-state index in [4.69, 9.17) is 10.5 Å². The van der Waals surface area contributed by atoms with E-state index < -0.39 is 0 Å². The minimum Gasteiger partial charge on any atom is -0.378 e. The summed E-state index contributed by atoms with van der Waals surface area (Å²) in [6.07, 6.45) is 0. The van der Waals surface area contributed by atoms with Crippen LogP contribution in [0.25, 0.3) is 22.3 Å². The van der Waals surface area contributed by atoms with Gasteiger partial charge in [-0.25, -0.2) is 9.37 Å². The number of nitrogens with two attached hydrogens (primary N) is 1. The van der Waals surface area contributed by atoms with E-state index in [0.29, 0.717) is 49.0 Å². The van der Waals surface area contributed by atoms with Crippen LogP contribution in [0, 0.1) is 5.82 Å². The Balaban J connectivity index is 1.87. The molecule has 2 aromatic heterocycles. The first kappa shape index (κ1) is 16.5. The highest BCUT2D eigenvalue weighted by Gasteiger charge is 2.20. The van der Waals surface area contributed by atoms with Crippen molar-refractivity contribution in [1.29, 1.82) is 0 Å². The number of pyridine rings is 1. The molecule has 1 aliphatic rings. The molecule has 3 heterocycles. The Labute approximate surface area is 150 Å². The molecule has 3 aromatic rings. The summed E-state index contributed by atoms with van der Waals surface area (Å²) in [5, 5.41) is 3.71. The summed E-state index contributed by atoms with van der Waals surface area (Å²) in [6.45, 7) is 2.67. The summed E-state index contributed by atoms with van der Waals surface area (Å²) in [4.78, 5) is 15.0. The summed E-state index contributed by atoms with van der Waals surface area (Å²) in [5.74, 6) is 0.388. The third-order valence-corrected chi connectivity index (χ3v) is 4.41. The molecule has 8 heteroatoms. The molecule has 0 saturated carbocycles. The topological polar surface area (TPSA) is 89.2 Å². The quantitative estimate of drug-likeness (QED) is 0.746. The normalized spacial score (nSPS) is 14.6. The van der Waals surface area contributed by atoms with Crippen LogP contribution in [0.5, 0.6) is 0 Å². The number of hydrogen-bond acceptors (Lipinski definition) is 7. The van der Waals surface area contributed by atoms with Crippen LogP contribution in [0.2, 0.25) is 0 Å². The van der Waals surface area contributed by atoms with Crippen LogP contribution in [-0.2, 0) is 4.74 Å². The predicted octanol–water partition coefficient (Wildman–Crippen LogP) is 2.29. The monoisotopic (exact) mass is 354 g/mol. The van der Waals surface area contributed by atoms with E-state index in [1.165, 1.54) is 6.07 Å². The van der Waals surface area contributed by atoms with Crippen molar-refractivity contribution in [1.82, 2.24) is 15.0 Å². The van der Waals surface area contributed by atoms with E-state index in [0.717, 1.165) is 11.1 Å². The zero-order valence-electron chi connectivity index (χ0n) is 14.4. The number of rotatable bonds is 3. The smallest absolute Gasteiger partial charge is 0.224 e. The second-order valence-corrected chi connectivity index (χ2v) is 5.98. The lowest BCUT2D eigenvalue weighted by Crippen LogP contribution is -2.36. The van der Waals surface area contributed by atoms with Gasteiger partial charge in [0.2, 0.25) is 5.95 Å². The Bertz CT molecular complexity index is 958. The molecule has 1 fully saturated rings. The minimum atomic E-state index is -0.322. The number of aromatic nitrogens is 3. The Morgan fingerprint density at radius 2 is 1.92 bits per heavy atom. The van der Waals surface area contributed by atoms with Crippen LogP contribution in [-0.4, -0.2) is 48.3 Å². The number of anilines is 3. The fourth-order valence-electron chi connectivity index (χ4n) is 3.19. The largest absolute Gasteiger partial charge is 0.378 e. The molecule has 1 saturated heterocycles. The van der Waals surface area contributed by atoms with Gasteiger partial charge in [-0.1, -0.05) is 6.07 Å². The summed E-state index contributed by atoms with van der Waals surface area (Å²) in [6, 6.07) is 8.68. The zero-order chi connectivity index (χ0) is 18.1. The SMILES string of the molecule is CNc1nc(N)nc2nc(-c3c(F)cccc3N3CCOCC3)ccc12. The van der Waals surface area contributed by atoms with Gasteiger partial charge < -0.3 is 20.7 Å². The summed E-state index contributed by atoms with van der Waals surface area (Å²) >= 11 is 0. The van der Waals surface area contributed by atoms with Crippen molar-refractivity contribution in [3.8, 4) is 11.3 Å². The first-order valence-corrected chi connectivity index (χ1v) is 8.41. The molecule has 1 aromatic carbocycles. The van der Waals surface area contributed by atoms with Crippen LogP contribution < -0.4 is 16.0 Å². The third-order valence-electron chi connectivity index (χ3n) is 4.41. The number of benzene rings is 1. The lowest BCUT2D eigenvalue weighted by atomic mass is 10.1. The Morgan fingerprint density at radius 1 is 1.12 bits per heavy atom. The molecule has 0 amide bonds. The van der Waals surface area contributed by atoms with Crippen molar-refractivity contribution in [3.05, 3.63) is 36.1 Å². The molecule has 26 heavy (non-hydrogen) atoms. The van der Waals surface area contributed by atoms with E-state index >= 15 is 0 Å². The maximum atomic E-state index is 14.7. The molecule has 0 radical (unpaired) electrons. The van der Waals surface area contributed by atoms with Crippen LogP contribution in [0.15, 0.2) is 30.3 Å². The van der Waals surface area contributed by atoms with Crippen LogP contribution in [0.3, 0.4) is 0 Å². The number of fused-ring (bicyclic) bond motifs is 1. The first-order valence-electron chi connectivity index (χ1n) is 8.41. The average Bonchev–Trinajstić information content (AvgIpc) is 2.67. The van der Waals surface area contributed by atoms with E-state index in [2.05, 4.69) is 25.2 Å². The second kappa shape index (κ2) is 6.72.